The van der Waals surface area contributed by atoms with E-state index >= 15 is 0 Å². The minimum Gasteiger partial charge on any atom is -0.455 e. The van der Waals surface area contributed by atoms with E-state index in [9.17, 15) is 0 Å². The van der Waals surface area contributed by atoms with Crippen molar-refractivity contribution in [1.82, 2.24) is 0 Å². The van der Waals surface area contributed by atoms with Gasteiger partial charge < -0.3 is 4.42 Å². The first-order chi connectivity index (χ1) is 23.3. The van der Waals surface area contributed by atoms with E-state index in [-0.39, 0.29) is 0 Å². The van der Waals surface area contributed by atoms with E-state index in [0.29, 0.717) is 0 Å². The van der Waals surface area contributed by atoms with Crippen LogP contribution in [-0.2, 0) is 0 Å². The lowest BCUT2D eigenvalue weighted by atomic mass is 9.85. The van der Waals surface area contributed by atoms with Crippen molar-refractivity contribution in [1.29, 1.82) is 0 Å². The zero-order chi connectivity index (χ0) is 30.9. The van der Waals surface area contributed by atoms with Gasteiger partial charge in [0.1, 0.15) is 11.2 Å². The zero-order valence-corrected chi connectivity index (χ0v) is 25.6. The summed E-state index contributed by atoms with van der Waals surface area (Å²) in [5.41, 5.74) is 9.26. The van der Waals surface area contributed by atoms with Gasteiger partial charge in [-0.2, -0.15) is 0 Å². The molecule has 218 valence electrons. The van der Waals surface area contributed by atoms with Gasteiger partial charge in [0.05, 0.1) is 0 Å². The molecule has 0 aliphatic carbocycles. The minimum atomic E-state index is 0.924. The lowest BCUT2D eigenvalue weighted by Gasteiger charge is -2.18. The second-order valence-electron chi connectivity index (χ2n) is 12.4. The summed E-state index contributed by atoms with van der Waals surface area (Å²) in [5, 5.41) is 12.2. The summed E-state index contributed by atoms with van der Waals surface area (Å²) in [5.74, 6) is 0. The summed E-state index contributed by atoms with van der Waals surface area (Å²) in [4.78, 5) is 0. The average molecular weight is 597 g/mol. The lowest BCUT2D eigenvalue weighted by Crippen LogP contribution is -1.91. The Bertz CT molecular complexity index is 2800. The van der Waals surface area contributed by atoms with Crippen LogP contribution in [0.1, 0.15) is 0 Å². The Labute approximate surface area is 271 Å². The van der Waals surface area contributed by atoms with Crippen molar-refractivity contribution in [2.24, 2.45) is 0 Å². The van der Waals surface area contributed by atoms with E-state index in [2.05, 4.69) is 164 Å². The summed E-state index contributed by atoms with van der Waals surface area (Å²) >= 11 is 0. The number of para-hydroxylation sites is 1. The van der Waals surface area contributed by atoms with Crippen molar-refractivity contribution in [3.63, 3.8) is 0 Å². The van der Waals surface area contributed by atoms with Crippen LogP contribution in [0.3, 0.4) is 0 Å². The molecule has 10 rings (SSSR count). The average Bonchev–Trinajstić information content (AvgIpc) is 3.53. The van der Waals surface area contributed by atoms with Crippen molar-refractivity contribution >= 4 is 65.0 Å². The van der Waals surface area contributed by atoms with Crippen LogP contribution in [0.5, 0.6) is 0 Å². The first-order valence-electron chi connectivity index (χ1n) is 16.2. The molecule has 0 spiro atoms. The monoisotopic (exact) mass is 596 g/mol. The molecule has 0 fully saturated rings. The van der Waals surface area contributed by atoms with Gasteiger partial charge in [-0.05, 0) is 95.3 Å². The molecule has 1 heteroatoms. The van der Waals surface area contributed by atoms with Gasteiger partial charge in [0.15, 0.2) is 0 Å². The molecule has 0 saturated heterocycles. The Hall–Kier alpha value is -6.18. The fourth-order valence-corrected chi connectivity index (χ4v) is 7.73. The van der Waals surface area contributed by atoms with Crippen LogP contribution in [0.15, 0.2) is 174 Å². The third kappa shape index (κ3) is 3.97. The van der Waals surface area contributed by atoms with Gasteiger partial charge in [0, 0.05) is 16.2 Å². The highest BCUT2D eigenvalue weighted by Gasteiger charge is 2.18. The van der Waals surface area contributed by atoms with Crippen LogP contribution in [0, 0.1) is 0 Å². The molecular formula is C46H28O. The highest BCUT2D eigenvalue weighted by atomic mass is 16.3. The Kier molecular flexibility index (Phi) is 5.64. The summed E-state index contributed by atoms with van der Waals surface area (Å²) in [6, 6.07) is 61.6. The first kappa shape index (κ1) is 26.1. The van der Waals surface area contributed by atoms with Crippen molar-refractivity contribution in [2.75, 3.05) is 0 Å². The third-order valence-electron chi connectivity index (χ3n) is 9.83. The van der Waals surface area contributed by atoms with Gasteiger partial charge in [-0.1, -0.05) is 146 Å². The molecule has 47 heavy (non-hydrogen) atoms. The molecule has 1 aromatic heterocycles. The molecule has 0 N–H and O–H groups in total. The zero-order valence-electron chi connectivity index (χ0n) is 25.6. The predicted octanol–water partition coefficient (Wildman–Crippen LogP) is 13.2. The van der Waals surface area contributed by atoms with Crippen LogP contribution < -0.4 is 0 Å². The van der Waals surface area contributed by atoms with Crippen molar-refractivity contribution in [3.8, 4) is 33.4 Å². The largest absolute Gasteiger partial charge is 0.455 e. The highest BCUT2D eigenvalue weighted by Crippen LogP contribution is 2.45. The molecule has 10 aromatic rings. The Morgan fingerprint density at radius 2 is 0.830 bits per heavy atom. The molecule has 0 aliphatic rings. The topological polar surface area (TPSA) is 13.1 Å². The van der Waals surface area contributed by atoms with Gasteiger partial charge in [-0.25, -0.2) is 0 Å². The summed E-state index contributed by atoms with van der Waals surface area (Å²) in [6.45, 7) is 0. The van der Waals surface area contributed by atoms with Gasteiger partial charge in [0.25, 0.3) is 0 Å². The number of furan rings is 1. The Morgan fingerprint density at radius 1 is 0.298 bits per heavy atom. The smallest absolute Gasteiger partial charge is 0.143 e. The molecule has 0 aliphatic heterocycles. The summed E-state index contributed by atoms with van der Waals surface area (Å²) in [7, 11) is 0. The van der Waals surface area contributed by atoms with Crippen LogP contribution in [0.4, 0.5) is 0 Å². The van der Waals surface area contributed by atoms with E-state index in [1.54, 1.807) is 0 Å². The van der Waals surface area contributed by atoms with E-state index in [1.165, 1.54) is 71.1 Å². The van der Waals surface area contributed by atoms with Crippen LogP contribution in [0.2, 0.25) is 0 Å². The van der Waals surface area contributed by atoms with Gasteiger partial charge in [-0.15, -0.1) is 0 Å². The van der Waals surface area contributed by atoms with Crippen molar-refractivity contribution in [3.05, 3.63) is 170 Å². The molecule has 0 bridgehead atoms. The molecule has 0 unspecified atom stereocenters. The van der Waals surface area contributed by atoms with Crippen molar-refractivity contribution < 1.29 is 4.42 Å². The van der Waals surface area contributed by atoms with Crippen LogP contribution in [0.25, 0.3) is 98.4 Å². The fraction of sp³-hybridized carbons (Fsp3) is 0. The second-order valence-corrected chi connectivity index (χ2v) is 12.4. The van der Waals surface area contributed by atoms with E-state index in [0.717, 1.165) is 27.3 Å². The normalized spacial score (nSPS) is 11.8. The molecule has 1 heterocycles. The number of hydrogen-bond donors (Lipinski definition) is 0. The van der Waals surface area contributed by atoms with E-state index in [4.69, 9.17) is 4.42 Å². The molecular weight excluding hydrogens is 569 g/mol. The second kappa shape index (κ2) is 10.2. The quantitative estimate of drug-likeness (QED) is 0.185. The minimum absolute atomic E-state index is 0.924. The number of fused-ring (bicyclic) bond motifs is 8. The molecule has 1 nitrogen and oxygen atoms in total. The van der Waals surface area contributed by atoms with E-state index < -0.39 is 0 Å². The lowest BCUT2D eigenvalue weighted by molar-refractivity contribution is 0.672. The van der Waals surface area contributed by atoms with Crippen LogP contribution in [-0.4, -0.2) is 0 Å². The third-order valence-corrected chi connectivity index (χ3v) is 9.83. The standard InChI is InChI=1S/C46H28O/c1-2-12-30-27-33(24-23-29(30)11-1)45-39-18-5-3-16-37(39)44(38-17-4-6-19-40(38)45)32-14-9-13-31(28-32)34-20-10-21-41-35(34)25-26-42-36-15-7-8-22-43(36)47-46(41)42/h1-28H. The molecule has 9 aromatic carbocycles. The molecule has 0 saturated carbocycles. The Morgan fingerprint density at radius 3 is 1.57 bits per heavy atom. The Balaban J connectivity index is 1.21. The number of benzene rings is 9. The van der Waals surface area contributed by atoms with Crippen LogP contribution >= 0.6 is 0 Å². The number of hydrogen-bond acceptors (Lipinski definition) is 1. The summed E-state index contributed by atoms with van der Waals surface area (Å²) < 4.78 is 6.42. The maximum Gasteiger partial charge on any atom is 0.143 e. The predicted molar refractivity (Wildman–Crippen MR) is 200 cm³/mol. The summed E-state index contributed by atoms with van der Waals surface area (Å²) in [6.07, 6.45) is 0. The molecule has 0 radical (unpaired) electrons. The SMILES string of the molecule is c1cc(-c2c3ccccc3c(-c3ccc4ccccc4c3)c3ccccc23)cc(-c2cccc3c2ccc2c4ccccc4oc32)c1. The van der Waals surface area contributed by atoms with Gasteiger partial charge in [0.2, 0.25) is 0 Å². The van der Waals surface area contributed by atoms with Crippen molar-refractivity contribution in [2.45, 2.75) is 0 Å². The number of rotatable bonds is 3. The fourth-order valence-electron chi connectivity index (χ4n) is 7.73. The molecule has 0 atom stereocenters. The van der Waals surface area contributed by atoms with Gasteiger partial charge in [-0.3, -0.25) is 0 Å². The maximum absolute atomic E-state index is 6.42. The molecule has 0 amide bonds. The van der Waals surface area contributed by atoms with Gasteiger partial charge >= 0.3 is 0 Å². The van der Waals surface area contributed by atoms with E-state index in [1.807, 2.05) is 6.07 Å². The first-order valence-corrected chi connectivity index (χ1v) is 16.2. The maximum atomic E-state index is 6.42. The highest BCUT2D eigenvalue weighted by molar-refractivity contribution is 6.22.